The summed E-state index contributed by atoms with van der Waals surface area (Å²) in [6.07, 6.45) is 9.13. The van der Waals surface area contributed by atoms with Crippen molar-refractivity contribution in [3.8, 4) is 0 Å². The molecule has 0 spiro atoms. The molecule has 0 aromatic carbocycles. The first kappa shape index (κ1) is 13.1. The lowest BCUT2D eigenvalue weighted by atomic mass is 10.2. The first-order chi connectivity index (χ1) is 8.85. The van der Waals surface area contributed by atoms with Gasteiger partial charge in [-0.15, -0.1) is 11.3 Å². The number of aromatic nitrogens is 3. The van der Waals surface area contributed by atoms with Gasteiger partial charge in [-0.05, 0) is 12.8 Å². The monoisotopic (exact) mass is 264 g/mol. The number of nitrogens with zero attached hydrogens (tertiary/aromatic N) is 3. The molecule has 2 heterocycles. The number of anilines is 1. The maximum Gasteiger partial charge on any atom is 0.203 e. The molecule has 2 aromatic rings. The lowest BCUT2D eigenvalue weighted by Gasteiger charge is -2.16. The highest BCUT2D eigenvalue weighted by Gasteiger charge is 2.14. The van der Waals surface area contributed by atoms with Gasteiger partial charge in [-0.3, -0.25) is 0 Å². The Morgan fingerprint density at radius 1 is 1.33 bits per heavy atom. The second-order valence-corrected chi connectivity index (χ2v) is 5.20. The highest BCUT2D eigenvalue weighted by Crippen LogP contribution is 2.23. The molecular formula is C13H20N4S. The standard InChI is InChI=1S/C13H20N4S/c1-3-5-8-17-9-6-15-13(17)16-11(4-2)12-14-7-10-18-12/h6-7,9-11H,3-5,8H2,1-2H3,(H,15,16). The Labute approximate surface area is 112 Å². The average molecular weight is 264 g/mol. The van der Waals surface area contributed by atoms with Crippen molar-refractivity contribution in [1.29, 1.82) is 0 Å². The average Bonchev–Trinajstić information content (AvgIpc) is 3.04. The highest BCUT2D eigenvalue weighted by atomic mass is 32.1. The fourth-order valence-electron chi connectivity index (χ4n) is 1.86. The Morgan fingerprint density at radius 3 is 2.89 bits per heavy atom. The number of imidazole rings is 1. The van der Waals surface area contributed by atoms with Crippen LogP contribution in [0.15, 0.2) is 24.0 Å². The van der Waals surface area contributed by atoms with Gasteiger partial charge in [0.05, 0.1) is 6.04 Å². The van der Waals surface area contributed by atoms with Gasteiger partial charge in [0.25, 0.3) is 0 Å². The van der Waals surface area contributed by atoms with E-state index in [4.69, 9.17) is 0 Å². The number of rotatable bonds is 7. The van der Waals surface area contributed by atoms with E-state index in [-0.39, 0.29) is 6.04 Å². The molecule has 18 heavy (non-hydrogen) atoms. The Kier molecular flexibility index (Phi) is 4.75. The van der Waals surface area contributed by atoms with Gasteiger partial charge in [0.2, 0.25) is 5.95 Å². The van der Waals surface area contributed by atoms with Gasteiger partial charge < -0.3 is 9.88 Å². The van der Waals surface area contributed by atoms with Crippen molar-refractivity contribution in [1.82, 2.24) is 14.5 Å². The van der Waals surface area contributed by atoms with Crippen molar-refractivity contribution in [2.45, 2.75) is 45.7 Å². The van der Waals surface area contributed by atoms with Gasteiger partial charge in [-0.1, -0.05) is 20.3 Å². The van der Waals surface area contributed by atoms with Crippen LogP contribution in [-0.2, 0) is 6.54 Å². The van der Waals surface area contributed by atoms with Crippen LogP contribution in [-0.4, -0.2) is 14.5 Å². The van der Waals surface area contributed by atoms with E-state index < -0.39 is 0 Å². The molecule has 1 atom stereocenters. The molecule has 0 aliphatic heterocycles. The van der Waals surface area contributed by atoms with Gasteiger partial charge in [-0.2, -0.15) is 0 Å². The Bertz CT molecular complexity index is 449. The fraction of sp³-hybridized carbons (Fsp3) is 0.538. The molecule has 98 valence electrons. The number of thiazole rings is 1. The van der Waals surface area contributed by atoms with E-state index in [1.807, 2.05) is 24.0 Å². The summed E-state index contributed by atoms with van der Waals surface area (Å²) >= 11 is 1.69. The summed E-state index contributed by atoms with van der Waals surface area (Å²) in [7, 11) is 0. The van der Waals surface area contributed by atoms with Gasteiger partial charge in [0.15, 0.2) is 0 Å². The van der Waals surface area contributed by atoms with E-state index in [0.717, 1.165) is 23.9 Å². The van der Waals surface area contributed by atoms with E-state index in [1.165, 1.54) is 12.8 Å². The lowest BCUT2D eigenvalue weighted by molar-refractivity contribution is 0.624. The van der Waals surface area contributed by atoms with Crippen LogP contribution < -0.4 is 5.32 Å². The van der Waals surface area contributed by atoms with Gasteiger partial charge in [-0.25, -0.2) is 9.97 Å². The van der Waals surface area contributed by atoms with Crippen LogP contribution in [0, 0.1) is 0 Å². The number of hydrogen-bond donors (Lipinski definition) is 1. The third-order valence-corrected chi connectivity index (χ3v) is 3.82. The number of nitrogens with one attached hydrogen (secondary N) is 1. The summed E-state index contributed by atoms with van der Waals surface area (Å²) in [6.45, 7) is 5.39. The van der Waals surface area contributed by atoms with Crippen LogP contribution >= 0.6 is 11.3 Å². The normalized spacial score (nSPS) is 12.6. The molecule has 2 rings (SSSR count). The van der Waals surface area contributed by atoms with Crippen molar-refractivity contribution >= 4 is 17.3 Å². The largest absolute Gasteiger partial charge is 0.346 e. The minimum absolute atomic E-state index is 0.257. The Hall–Kier alpha value is -1.36. The quantitative estimate of drug-likeness (QED) is 0.829. The molecule has 0 aliphatic rings. The molecule has 0 amide bonds. The van der Waals surface area contributed by atoms with E-state index in [0.29, 0.717) is 0 Å². The molecule has 5 heteroatoms. The van der Waals surface area contributed by atoms with E-state index in [9.17, 15) is 0 Å². The second-order valence-electron chi connectivity index (χ2n) is 4.27. The second kappa shape index (κ2) is 6.54. The van der Waals surface area contributed by atoms with E-state index >= 15 is 0 Å². The third kappa shape index (κ3) is 3.10. The molecular weight excluding hydrogens is 244 g/mol. The van der Waals surface area contributed by atoms with Gasteiger partial charge in [0.1, 0.15) is 5.01 Å². The molecule has 1 unspecified atom stereocenters. The molecule has 4 nitrogen and oxygen atoms in total. The molecule has 2 aromatic heterocycles. The summed E-state index contributed by atoms with van der Waals surface area (Å²) in [4.78, 5) is 8.77. The zero-order valence-corrected chi connectivity index (χ0v) is 11.8. The summed E-state index contributed by atoms with van der Waals surface area (Å²) in [6, 6.07) is 0.257. The first-order valence-electron chi connectivity index (χ1n) is 6.52. The van der Waals surface area contributed by atoms with Crippen LogP contribution in [0.5, 0.6) is 0 Å². The van der Waals surface area contributed by atoms with Crippen molar-refractivity contribution < 1.29 is 0 Å². The predicted molar refractivity (Wildman–Crippen MR) is 75.9 cm³/mol. The van der Waals surface area contributed by atoms with Gasteiger partial charge >= 0.3 is 0 Å². The van der Waals surface area contributed by atoms with Crippen LogP contribution in [0.1, 0.15) is 44.2 Å². The Balaban J connectivity index is 2.05. The molecule has 1 N–H and O–H groups in total. The number of unbranched alkanes of at least 4 members (excludes halogenated alkanes) is 1. The minimum atomic E-state index is 0.257. The van der Waals surface area contributed by atoms with Crippen molar-refractivity contribution in [3.05, 3.63) is 29.0 Å². The molecule has 0 saturated heterocycles. The summed E-state index contributed by atoms with van der Waals surface area (Å²) in [5, 5.41) is 6.63. The minimum Gasteiger partial charge on any atom is -0.346 e. The number of aryl methyl sites for hydroxylation is 1. The van der Waals surface area contributed by atoms with Crippen LogP contribution in [0.4, 0.5) is 5.95 Å². The summed E-state index contributed by atoms with van der Waals surface area (Å²) < 4.78 is 2.18. The smallest absolute Gasteiger partial charge is 0.203 e. The van der Waals surface area contributed by atoms with Crippen molar-refractivity contribution in [2.75, 3.05) is 5.32 Å². The topological polar surface area (TPSA) is 42.7 Å². The lowest BCUT2D eigenvalue weighted by Crippen LogP contribution is -2.13. The zero-order chi connectivity index (χ0) is 12.8. The maximum absolute atomic E-state index is 4.40. The van der Waals surface area contributed by atoms with Crippen LogP contribution in [0.2, 0.25) is 0 Å². The van der Waals surface area contributed by atoms with E-state index in [1.54, 1.807) is 11.3 Å². The third-order valence-electron chi connectivity index (χ3n) is 2.93. The Morgan fingerprint density at radius 2 is 2.22 bits per heavy atom. The predicted octanol–water partition coefficient (Wildman–Crippen LogP) is 3.70. The fourth-order valence-corrected chi connectivity index (χ4v) is 2.63. The SMILES string of the molecule is CCCCn1ccnc1NC(CC)c1nccs1. The molecule has 0 saturated carbocycles. The molecule has 0 radical (unpaired) electrons. The van der Waals surface area contributed by atoms with Crippen molar-refractivity contribution in [2.24, 2.45) is 0 Å². The first-order valence-corrected chi connectivity index (χ1v) is 7.40. The number of hydrogen-bond acceptors (Lipinski definition) is 4. The molecule has 0 aliphatic carbocycles. The van der Waals surface area contributed by atoms with Crippen LogP contribution in [0.25, 0.3) is 0 Å². The maximum atomic E-state index is 4.40. The van der Waals surface area contributed by atoms with Crippen molar-refractivity contribution in [3.63, 3.8) is 0 Å². The molecule has 0 fully saturated rings. The molecule has 0 bridgehead atoms. The highest BCUT2D eigenvalue weighted by molar-refractivity contribution is 7.09. The summed E-state index contributed by atoms with van der Waals surface area (Å²) in [5.74, 6) is 0.950. The summed E-state index contributed by atoms with van der Waals surface area (Å²) in [5.41, 5.74) is 0. The van der Waals surface area contributed by atoms with Gasteiger partial charge in [0, 0.05) is 30.5 Å². The van der Waals surface area contributed by atoms with E-state index in [2.05, 4.69) is 33.7 Å². The zero-order valence-electron chi connectivity index (χ0n) is 11.0. The van der Waals surface area contributed by atoms with Crippen LogP contribution in [0.3, 0.4) is 0 Å².